The Bertz CT molecular complexity index is 970. The number of benzene rings is 3. The van der Waals surface area contributed by atoms with Crippen molar-refractivity contribution in [2.45, 2.75) is 11.7 Å². The van der Waals surface area contributed by atoms with Crippen LogP contribution in [0.2, 0.25) is 0 Å². The molecule has 7 nitrogen and oxygen atoms in total. The highest BCUT2D eigenvalue weighted by molar-refractivity contribution is 5.74. The first-order valence-electron chi connectivity index (χ1n) is 10.8. The highest BCUT2D eigenvalue weighted by atomic mass is 16.7. The molecule has 0 saturated heterocycles. The molecule has 0 radical (unpaired) electrons. The summed E-state index contributed by atoms with van der Waals surface area (Å²) in [6.07, 6.45) is -0.982. The summed E-state index contributed by atoms with van der Waals surface area (Å²) in [5, 5.41) is 0. The third-order valence-corrected chi connectivity index (χ3v) is 5.48. The van der Waals surface area contributed by atoms with E-state index in [4.69, 9.17) is 28.4 Å². The van der Waals surface area contributed by atoms with Gasteiger partial charge in [0, 0.05) is 7.11 Å². The van der Waals surface area contributed by atoms with Gasteiger partial charge in [-0.05, 0) is 41.0 Å². The van der Waals surface area contributed by atoms with Gasteiger partial charge in [-0.25, -0.2) is 4.79 Å². The van der Waals surface area contributed by atoms with Gasteiger partial charge in [0.1, 0.15) is 23.9 Å². The van der Waals surface area contributed by atoms with Crippen LogP contribution in [0, 0.1) is 0 Å². The predicted molar refractivity (Wildman–Crippen MR) is 127 cm³/mol. The van der Waals surface area contributed by atoms with Crippen LogP contribution in [0.25, 0.3) is 0 Å². The Balaban J connectivity index is 2.16. The summed E-state index contributed by atoms with van der Waals surface area (Å²) in [7, 11) is 6.03. The maximum atomic E-state index is 12.4. The van der Waals surface area contributed by atoms with Crippen LogP contribution in [-0.4, -0.2) is 53.9 Å². The molecule has 0 aliphatic carbocycles. The minimum atomic E-state index is -1.07. The highest BCUT2D eigenvalue weighted by Crippen LogP contribution is 2.41. The quantitative estimate of drug-likeness (QED) is 0.225. The van der Waals surface area contributed by atoms with Gasteiger partial charge in [0.25, 0.3) is 0 Å². The van der Waals surface area contributed by atoms with E-state index < -0.39 is 17.7 Å². The van der Waals surface area contributed by atoms with E-state index in [9.17, 15) is 4.79 Å². The highest BCUT2D eigenvalue weighted by Gasteiger charge is 2.39. The predicted octanol–water partition coefficient (Wildman–Crippen LogP) is 4.17. The van der Waals surface area contributed by atoms with Crippen LogP contribution in [0.3, 0.4) is 0 Å². The molecule has 0 aliphatic heterocycles. The monoisotopic (exact) mass is 466 g/mol. The van der Waals surface area contributed by atoms with Crippen LogP contribution in [-0.2, 0) is 29.3 Å². The molecule has 1 atom stereocenters. The number of carbonyl (C=O) groups excluding carboxylic acids is 1. The average Bonchev–Trinajstić information content (AvgIpc) is 2.91. The Morgan fingerprint density at radius 1 is 0.735 bits per heavy atom. The molecule has 34 heavy (non-hydrogen) atoms. The fourth-order valence-corrected chi connectivity index (χ4v) is 3.74. The first-order valence-corrected chi connectivity index (χ1v) is 10.8. The van der Waals surface area contributed by atoms with Crippen molar-refractivity contribution in [3.63, 3.8) is 0 Å². The lowest BCUT2D eigenvalue weighted by Crippen LogP contribution is -2.39. The van der Waals surface area contributed by atoms with Crippen molar-refractivity contribution in [2.24, 2.45) is 0 Å². The molecular formula is C27H30O7. The van der Waals surface area contributed by atoms with Gasteiger partial charge in [-0.3, -0.25) is 0 Å². The summed E-state index contributed by atoms with van der Waals surface area (Å²) < 4.78 is 32.8. The second kappa shape index (κ2) is 12.2. The van der Waals surface area contributed by atoms with Gasteiger partial charge in [-0.2, -0.15) is 0 Å². The van der Waals surface area contributed by atoms with Gasteiger partial charge >= 0.3 is 5.97 Å². The standard InChI is InChI=1S/C27H30O7/c1-29-19-33-25(26(28)32-4)18-34-27(20-8-6-5-7-9-20,21-10-14-23(30-2)15-11-21)22-12-16-24(31-3)17-13-22/h5-17,25H,18-19H2,1-4H3. The minimum Gasteiger partial charge on any atom is -0.497 e. The number of esters is 1. The van der Waals surface area contributed by atoms with Crippen molar-refractivity contribution in [1.82, 2.24) is 0 Å². The van der Waals surface area contributed by atoms with Crippen molar-refractivity contribution in [1.29, 1.82) is 0 Å². The second-order valence-electron chi connectivity index (χ2n) is 7.40. The molecule has 0 aromatic heterocycles. The Hall–Kier alpha value is -3.39. The van der Waals surface area contributed by atoms with E-state index in [0.29, 0.717) is 0 Å². The molecule has 0 amide bonds. The van der Waals surface area contributed by atoms with Crippen LogP contribution >= 0.6 is 0 Å². The smallest absolute Gasteiger partial charge is 0.337 e. The van der Waals surface area contributed by atoms with E-state index in [1.807, 2.05) is 78.9 Å². The van der Waals surface area contributed by atoms with E-state index in [-0.39, 0.29) is 13.4 Å². The largest absolute Gasteiger partial charge is 0.497 e. The van der Waals surface area contributed by atoms with E-state index in [1.54, 1.807) is 14.2 Å². The SMILES string of the molecule is COCOC(COC(c1ccccc1)(c1ccc(OC)cc1)c1ccc(OC)cc1)C(=O)OC. The van der Waals surface area contributed by atoms with Gasteiger partial charge in [0.05, 0.1) is 27.9 Å². The molecule has 7 heteroatoms. The molecule has 3 aromatic carbocycles. The third kappa shape index (κ3) is 5.56. The number of methoxy groups -OCH3 is 4. The van der Waals surface area contributed by atoms with E-state index >= 15 is 0 Å². The number of rotatable bonds is 12. The van der Waals surface area contributed by atoms with Gasteiger partial charge in [0.2, 0.25) is 0 Å². The first kappa shape index (κ1) is 25.2. The lowest BCUT2D eigenvalue weighted by Gasteiger charge is -2.37. The third-order valence-electron chi connectivity index (χ3n) is 5.48. The van der Waals surface area contributed by atoms with Gasteiger partial charge < -0.3 is 28.4 Å². The molecule has 1 unspecified atom stereocenters. The zero-order chi connectivity index (χ0) is 24.4. The molecule has 3 aromatic rings. The summed E-state index contributed by atoms with van der Waals surface area (Å²) in [6.45, 7) is -0.157. The van der Waals surface area contributed by atoms with E-state index in [2.05, 4.69) is 0 Å². The Labute approximate surface area is 200 Å². The zero-order valence-corrected chi connectivity index (χ0v) is 19.9. The number of carbonyl (C=O) groups is 1. The van der Waals surface area contributed by atoms with E-state index in [1.165, 1.54) is 14.2 Å². The fraction of sp³-hybridized carbons (Fsp3) is 0.296. The van der Waals surface area contributed by atoms with Crippen LogP contribution in [0.15, 0.2) is 78.9 Å². The number of hydrogen-bond donors (Lipinski definition) is 0. The zero-order valence-electron chi connectivity index (χ0n) is 19.9. The fourth-order valence-electron chi connectivity index (χ4n) is 3.74. The molecule has 3 rings (SSSR count). The van der Waals surface area contributed by atoms with Crippen LogP contribution in [0.1, 0.15) is 16.7 Å². The lowest BCUT2D eigenvalue weighted by atomic mass is 9.80. The molecule has 0 bridgehead atoms. The minimum absolute atomic E-state index is 0.0768. The number of hydrogen-bond acceptors (Lipinski definition) is 7. The molecular weight excluding hydrogens is 436 g/mol. The van der Waals surface area contributed by atoms with Crippen molar-refractivity contribution in [2.75, 3.05) is 41.8 Å². The average molecular weight is 467 g/mol. The van der Waals surface area contributed by atoms with E-state index in [0.717, 1.165) is 28.2 Å². The van der Waals surface area contributed by atoms with Crippen LogP contribution in [0.4, 0.5) is 0 Å². The molecule has 0 heterocycles. The topological polar surface area (TPSA) is 72.5 Å². The summed E-state index contributed by atoms with van der Waals surface area (Å²) in [6, 6.07) is 25.1. The van der Waals surface area contributed by atoms with Gasteiger partial charge in [-0.15, -0.1) is 0 Å². The Morgan fingerprint density at radius 2 is 1.24 bits per heavy atom. The van der Waals surface area contributed by atoms with Crippen molar-refractivity contribution >= 4 is 5.97 Å². The summed E-state index contributed by atoms with van der Waals surface area (Å²) in [5.41, 5.74) is 1.50. The number of ether oxygens (including phenoxy) is 6. The molecule has 0 aliphatic rings. The normalized spacial score (nSPS) is 12.1. The molecule has 0 fully saturated rings. The van der Waals surface area contributed by atoms with Crippen molar-refractivity contribution in [3.8, 4) is 11.5 Å². The Kier molecular flexibility index (Phi) is 9.04. The first-order chi connectivity index (χ1) is 16.6. The van der Waals surface area contributed by atoms with Gasteiger partial charge in [0.15, 0.2) is 6.10 Å². The molecule has 0 N–H and O–H groups in total. The lowest BCUT2D eigenvalue weighted by molar-refractivity contribution is -0.172. The molecule has 0 spiro atoms. The van der Waals surface area contributed by atoms with Crippen LogP contribution < -0.4 is 9.47 Å². The Morgan fingerprint density at radius 3 is 1.68 bits per heavy atom. The second-order valence-corrected chi connectivity index (χ2v) is 7.40. The molecule has 0 saturated carbocycles. The summed E-state index contributed by atoms with van der Waals surface area (Å²) >= 11 is 0. The van der Waals surface area contributed by atoms with Crippen LogP contribution in [0.5, 0.6) is 11.5 Å². The maximum absolute atomic E-state index is 12.4. The summed E-state index contributed by atoms with van der Waals surface area (Å²) in [4.78, 5) is 12.4. The summed E-state index contributed by atoms with van der Waals surface area (Å²) in [5.74, 6) is 0.885. The van der Waals surface area contributed by atoms with Crippen molar-refractivity contribution in [3.05, 3.63) is 95.6 Å². The maximum Gasteiger partial charge on any atom is 0.337 e. The van der Waals surface area contributed by atoms with Crippen molar-refractivity contribution < 1.29 is 33.2 Å². The molecule has 180 valence electrons. The van der Waals surface area contributed by atoms with Gasteiger partial charge in [-0.1, -0.05) is 54.6 Å².